The van der Waals surface area contributed by atoms with Crippen LogP contribution in [0.5, 0.6) is 0 Å². The third-order valence-corrected chi connectivity index (χ3v) is 5.70. The van der Waals surface area contributed by atoms with Crippen LogP contribution >= 0.6 is 0 Å². The number of carbonyl (C=O) groups excluding carboxylic acids is 1. The van der Waals surface area contributed by atoms with E-state index >= 15 is 0 Å². The van der Waals surface area contributed by atoms with Crippen LogP contribution in [-0.4, -0.2) is 37.7 Å². The molecule has 0 saturated heterocycles. The standard InChI is InChI=1S/C18H21N3O5S/c1-14(15-7-6-8-16(13-15)21(23)24)20(2)18(22)11-12-19-27(25,26)17-9-4-3-5-10-17/h3-10,13-14,19H,11-12H2,1-2H3/t14-/m0/s1. The lowest BCUT2D eigenvalue weighted by Gasteiger charge is -2.25. The molecule has 0 bridgehead atoms. The first-order chi connectivity index (χ1) is 12.7. The van der Waals surface area contributed by atoms with E-state index in [0.29, 0.717) is 5.56 Å². The summed E-state index contributed by atoms with van der Waals surface area (Å²) in [6.45, 7) is 1.72. The van der Waals surface area contributed by atoms with E-state index in [2.05, 4.69) is 4.72 Å². The van der Waals surface area contributed by atoms with Crippen LogP contribution in [0.2, 0.25) is 0 Å². The monoisotopic (exact) mass is 391 g/mol. The van der Waals surface area contributed by atoms with E-state index in [1.165, 1.54) is 29.2 Å². The summed E-state index contributed by atoms with van der Waals surface area (Å²) in [4.78, 5) is 24.3. The number of benzene rings is 2. The number of carbonyl (C=O) groups is 1. The fraction of sp³-hybridized carbons (Fsp3) is 0.278. The number of nitro benzene ring substituents is 1. The van der Waals surface area contributed by atoms with Crippen LogP contribution in [0.4, 0.5) is 5.69 Å². The highest BCUT2D eigenvalue weighted by atomic mass is 32.2. The summed E-state index contributed by atoms with van der Waals surface area (Å²) in [5, 5.41) is 10.9. The Morgan fingerprint density at radius 3 is 2.48 bits per heavy atom. The molecule has 27 heavy (non-hydrogen) atoms. The highest BCUT2D eigenvalue weighted by Crippen LogP contribution is 2.23. The second-order valence-electron chi connectivity index (χ2n) is 5.99. The van der Waals surface area contributed by atoms with Crippen molar-refractivity contribution in [2.75, 3.05) is 13.6 Å². The van der Waals surface area contributed by atoms with Crippen molar-refractivity contribution in [3.63, 3.8) is 0 Å². The van der Waals surface area contributed by atoms with Crippen LogP contribution in [0.1, 0.15) is 24.9 Å². The van der Waals surface area contributed by atoms with Crippen molar-refractivity contribution in [1.29, 1.82) is 0 Å². The molecule has 0 aliphatic rings. The zero-order valence-electron chi connectivity index (χ0n) is 15.0. The summed E-state index contributed by atoms with van der Waals surface area (Å²) in [5.74, 6) is -0.273. The van der Waals surface area contributed by atoms with Gasteiger partial charge in [-0.05, 0) is 24.6 Å². The molecule has 144 valence electrons. The predicted molar refractivity (Wildman–Crippen MR) is 101 cm³/mol. The van der Waals surface area contributed by atoms with Gasteiger partial charge < -0.3 is 4.90 Å². The first-order valence-corrected chi connectivity index (χ1v) is 9.75. The maximum Gasteiger partial charge on any atom is 0.269 e. The number of sulfonamides is 1. The van der Waals surface area contributed by atoms with Gasteiger partial charge in [-0.3, -0.25) is 14.9 Å². The van der Waals surface area contributed by atoms with Gasteiger partial charge in [0.1, 0.15) is 0 Å². The predicted octanol–water partition coefficient (Wildman–Crippen LogP) is 2.48. The van der Waals surface area contributed by atoms with E-state index in [1.54, 1.807) is 44.3 Å². The quantitative estimate of drug-likeness (QED) is 0.549. The molecule has 1 N–H and O–H groups in total. The molecular formula is C18H21N3O5S. The van der Waals surface area contributed by atoms with Gasteiger partial charge in [0.2, 0.25) is 15.9 Å². The first kappa shape index (κ1) is 20.5. The van der Waals surface area contributed by atoms with Gasteiger partial charge in [0.25, 0.3) is 5.69 Å². The van der Waals surface area contributed by atoms with Crippen molar-refractivity contribution in [3.8, 4) is 0 Å². The average molecular weight is 391 g/mol. The smallest absolute Gasteiger partial charge is 0.269 e. The van der Waals surface area contributed by atoms with Crippen molar-refractivity contribution < 1.29 is 18.1 Å². The van der Waals surface area contributed by atoms with Crippen LogP contribution in [-0.2, 0) is 14.8 Å². The molecule has 0 saturated carbocycles. The van der Waals surface area contributed by atoms with E-state index in [0.717, 1.165) is 0 Å². The van der Waals surface area contributed by atoms with Gasteiger partial charge in [-0.15, -0.1) is 0 Å². The van der Waals surface area contributed by atoms with Gasteiger partial charge in [0.05, 0.1) is 15.9 Å². The summed E-state index contributed by atoms with van der Waals surface area (Å²) in [6, 6.07) is 13.6. The largest absolute Gasteiger partial charge is 0.339 e. The van der Waals surface area contributed by atoms with Crippen LogP contribution < -0.4 is 4.72 Å². The summed E-state index contributed by atoms with van der Waals surface area (Å²) in [5.41, 5.74) is 0.584. The minimum atomic E-state index is -3.66. The maximum atomic E-state index is 12.4. The Kier molecular flexibility index (Phi) is 6.65. The topological polar surface area (TPSA) is 110 Å². The number of nitrogens with one attached hydrogen (secondary N) is 1. The molecule has 2 aromatic rings. The Hall–Kier alpha value is -2.78. The molecule has 1 amide bonds. The molecule has 1 atom stereocenters. The van der Waals surface area contributed by atoms with Crippen molar-refractivity contribution in [3.05, 3.63) is 70.3 Å². The summed E-state index contributed by atoms with van der Waals surface area (Å²) in [7, 11) is -2.08. The number of amides is 1. The molecule has 0 aliphatic heterocycles. The summed E-state index contributed by atoms with van der Waals surface area (Å²) >= 11 is 0. The SMILES string of the molecule is C[C@@H](c1cccc([N+](=O)[O-])c1)N(C)C(=O)CCNS(=O)(=O)c1ccccc1. The third kappa shape index (κ3) is 5.35. The van der Waals surface area contributed by atoms with Gasteiger partial charge in [-0.1, -0.05) is 30.3 Å². The van der Waals surface area contributed by atoms with Crippen LogP contribution in [0, 0.1) is 10.1 Å². The Bertz CT molecular complexity index is 916. The minimum Gasteiger partial charge on any atom is -0.339 e. The number of rotatable bonds is 8. The van der Waals surface area contributed by atoms with Crippen molar-refractivity contribution >= 4 is 21.6 Å². The molecule has 0 fully saturated rings. The molecule has 0 heterocycles. The molecule has 0 aromatic heterocycles. The second-order valence-corrected chi connectivity index (χ2v) is 7.76. The Labute approximate surface area is 158 Å². The van der Waals surface area contributed by atoms with E-state index in [9.17, 15) is 23.3 Å². The van der Waals surface area contributed by atoms with E-state index in [4.69, 9.17) is 0 Å². The van der Waals surface area contributed by atoms with Gasteiger partial charge in [0, 0.05) is 32.1 Å². The lowest BCUT2D eigenvalue weighted by Crippen LogP contribution is -2.33. The van der Waals surface area contributed by atoms with E-state index in [1.807, 2.05) is 0 Å². The highest BCUT2D eigenvalue weighted by Gasteiger charge is 2.20. The van der Waals surface area contributed by atoms with Gasteiger partial charge in [-0.25, -0.2) is 13.1 Å². The molecule has 0 unspecified atom stereocenters. The second kappa shape index (κ2) is 8.74. The molecular weight excluding hydrogens is 370 g/mol. The van der Waals surface area contributed by atoms with Crippen molar-refractivity contribution in [2.45, 2.75) is 24.3 Å². The number of nitrogens with zero attached hydrogens (tertiary/aromatic N) is 2. The zero-order valence-corrected chi connectivity index (χ0v) is 15.8. The number of hydrogen-bond donors (Lipinski definition) is 1. The lowest BCUT2D eigenvalue weighted by molar-refractivity contribution is -0.384. The van der Waals surface area contributed by atoms with Gasteiger partial charge in [0.15, 0.2) is 0 Å². The third-order valence-electron chi connectivity index (χ3n) is 4.22. The summed E-state index contributed by atoms with van der Waals surface area (Å²) < 4.78 is 26.7. The van der Waals surface area contributed by atoms with Gasteiger partial charge in [-0.2, -0.15) is 0 Å². The molecule has 2 aromatic carbocycles. The lowest BCUT2D eigenvalue weighted by atomic mass is 10.1. The molecule has 8 nitrogen and oxygen atoms in total. The molecule has 0 aliphatic carbocycles. The fourth-order valence-corrected chi connectivity index (χ4v) is 3.54. The van der Waals surface area contributed by atoms with Crippen LogP contribution in [0.25, 0.3) is 0 Å². The first-order valence-electron chi connectivity index (χ1n) is 8.27. The number of non-ortho nitro benzene ring substituents is 1. The van der Waals surface area contributed by atoms with Crippen molar-refractivity contribution in [1.82, 2.24) is 9.62 Å². The van der Waals surface area contributed by atoms with E-state index < -0.39 is 14.9 Å². The molecule has 2 rings (SSSR count). The zero-order chi connectivity index (χ0) is 20.0. The fourth-order valence-electron chi connectivity index (χ4n) is 2.49. The summed E-state index contributed by atoms with van der Waals surface area (Å²) in [6.07, 6.45) is -0.0260. The number of nitro groups is 1. The Morgan fingerprint density at radius 1 is 1.19 bits per heavy atom. The molecule has 0 radical (unpaired) electrons. The van der Waals surface area contributed by atoms with E-state index in [-0.39, 0.29) is 35.5 Å². The highest BCUT2D eigenvalue weighted by molar-refractivity contribution is 7.89. The normalized spacial score (nSPS) is 12.4. The Morgan fingerprint density at radius 2 is 1.85 bits per heavy atom. The Balaban J connectivity index is 1.95. The van der Waals surface area contributed by atoms with Crippen LogP contribution in [0.15, 0.2) is 59.5 Å². The van der Waals surface area contributed by atoms with Gasteiger partial charge >= 0.3 is 0 Å². The maximum absolute atomic E-state index is 12.4. The van der Waals surface area contributed by atoms with Crippen molar-refractivity contribution in [2.24, 2.45) is 0 Å². The van der Waals surface area contributed by atoms with Crippen LogP contribution in [0.3, 0.4) is 0 Å². The molecule has 0 spiro atoms. The number of hydrogen-bond acceptors (Lipinski definition) is 5. The molecule has 9 heteroatoms. The average Bonchev–Trinajstić information content (AvgIpc) is 2.67. The minimum absolute atomic E-state index is 0.0260.